The van der Waals surface area contributed by atoms with Crippen LogP contribution in [0.3, 0.4) is 0 Å². The Kier molecular flexibility index (Phi) is 3.97. The Labute approximate surface area is 161 Å². The highest BCUT2D eigenvalue weighted by molar-refractivity contribution is 7.13. The largest absolute Gasteiger partial charge is 0.338 e. The highest BCUT2D eigenvalue weighted by atomic mass is 32.1. The van der Waals surface area contributed by atoms with Crippen LogP contribution < -0.4 is 5.56 Å². The van der Waals surface area contributed by atoms with Gasteiger partial charge in [0.2, 0.25) is 0 Å². The second-order valence-corrected chi connectivity index (χ2v) is 8.38. The first kappa shape index (κ1) is 16.5. The summed E-state index contributed by atoms with van der Waals surface area (Å²) in [6.45, 7) is 2.09. The van der Waals surface area contributed by atoms with Crippen LogP contribution in [0.15, 0.2) is 64.8 Å². The maximum atomic E-state index is 13.0. The third-order valence-corrected chi connectivity index (χ3v) is 6.59. The lowest BCUT2D eigenvalue weighted by atomic mass is 9.81. The highest BCUT2D eigenvalue weighted by Gasteiger charge is 2.38. The van der Waals surface area contributed by atoms with Crippen molar-refractivity contribution in [1.29, 1.82) is 0 Å². The zero-order chi connectivity index (χ0) is 18.4. The third kappa shape index (κ3) is 2.82. The number of hydrogen-bond acceptors (Lipinski definition) is 3. The molecule has 1 aromatic carbocycles. The minimum atomic E-state index is 0.0721. The highest BCUT2D eigenvalue weighted by Crippen LogP contribution is 2.41. The molecule has 0 spiro atoms. The number of carbonyl (C=O) groups excluding carboxylic acids is 1. The standard InChI is InChI=1S/C22H20N2O2S/c25-20-9-8-18(19-7-4-10-27-19)21-17-11-15(13-24(20)21)12-23(14-17)22(26)16-5-2-1-3-6-16/h1-10,15,17H,11-14H2. The first-order valence-electron chi connectivity index (χ1n) is 9.32. The van der Waals surface area contributed by atoms with E-state index in [0.717, 1.165) is 29.8 Å². The number of pyridine rings is 1. The third-order valence-electron chi connectivity index (χ3n) is 5.68. The van der Waals surface area contributed by atoms with E-state index in [1.165, 1.54) is 4.88 Å². The first-order valence-corrected chi connectivity index (χ1v) is 10.2. The van der Waals surface area contributed by atoms with Crippen molar-refractivity contribution < 1.29 is 4.79 Å². The van der Waals surface area contributed by atoms with E-state index < -0.39 is 0 Å². The van der Waals surface area contributed by atoms with Gasteiger partial charge in [-0.3, -0.25) is 9.59 Å². The molecule has 2 bridgehead atoms. The minimum Gasteiger partial charge on any atom is -0.338 e. The molecule has 0 saturated carbocycles. The molecular formula is C22H20N2O2S. The molecular weight excluding hydrogens is 356 g/mol. The van der Waals surface area contributed by atoms with Crippen LogP contribution in [-0.2, 0) is 6.54 Å². The van der Waals surface area contributed by atoms with E-state index in [1.54, 1.807) is 17.4 Å². The molecule has 1 amide bonds. The van der Waals surface area contributed by atoms with E-state index in [2.05, 4.69) is 11.4 Å². The molecule has 0 radical (unpaired) electrons. The summed E-state index contributed by atoms with van der Waals surface area (Å²) in [5.74, 6) is 0.631. The van der Waals surface area contributed by atoms with Gasteiger partial charge in [0.05, 0.1) is 0 Å². The Bertz CT molecular complexity index is 1040. The summed E-state index contributed by atoms with van der Waals surface area (Å²) in [4.78, 5) is 28.7. The summed E-state index contributed by atoms with van der Waals surface area (Å²) in [5, 5.41) is 2.06. The summed E-state index contributed by atoms with van der Waals surface area (Å²) in [6.07, 6.45) is 1.04. The summed E-state index contributed by atoms with van der Waals surface area (Å²) >= 11 is 1.69. The fourth-order valence-corrected chi connectivity index (χ4v) is 5.34. The van der Waals surface area contributed by atoms with Gasteiger partial charge in [-0.1, -0.05) is 24.3 Å². The molecule has 1 saturated heterocycles. The van der Waals surface area contributed by atoms with Gasteiger partial charge in [0.25, 0.3) is 11.5 Å². The maximum absolute atomic E-state index is 13.0. The number of piperidine rings is 1. The predicted molar refractivity (Wildman–Crippen MR) is 107 cm³/mol. The second-order valence-electron chi connectivity index (χ2n) is 7.43. The molecule has 2 unspecified atom stereocenters. The van der Waals surface area contributed by atoms with Crippen molar-refractivity contribution in [1.82, 2.24) is 9.47 Å². The molecule has 2 aliphatic heterocycles. The minimum absolute atomic E-state index is 0.0721. The molecule has 2 aliphatic rings. The lowest BCUT2D eigenvalue weighted by molar-refractivity contribution is 0.0595. The topological polar surface area (TPSA) is 42.3 Å². The fraction of sp³-hybridized carbons (Fsp3) is 0.273. The molecule has 3 aromatic rings. The van der Waals surface area contributed by atoms with Crippen molar-refractivity contribution in [2.75, 3.05) is 13.1 Å². The van der Waals surface area contributed by atoms with E-state index in [9.17, 15) is 9.59 Å². The molecule has 2 aromatic heterocycles. The average molecular weight is 376 g/mol. The van der Waals surface area contributed by atoms with Crippen LogP contribution in [0.2, 0.25) is 0 Å². The number of thiophene rings is 1. The number of hydrogen-bond donors (Lipinski definition) is 0. The molecule has 4 nitrogen and oxygen atoms in total. The molecule has 27 heavy (non-hydrogen) atoms. The molecule has 1 fully saturated rings. The fourth-order valence-electron chi connectivity index (χ4n) is 4.58. The number of carbonyl (C=O) groups is 1. The molecule has 5 rings (SSSR count). The van der Waals surface area contributed by atoms with E-state index in [1.807, 2.05) is 51.9 Å². The number of benzene rings is 1. The molecule has 5 heteroatoms. The van der Waals surface area contributed by atoms with Gasteiger partial charge in [-0.2, -0.15) is 0 Å². The SMILES string of the molecule is O=C(c1ccccc1)N1CC2CC(C1)c1c(-c3cccs3)ccc(=O)n1C2. The molecule has 2 atom stereocenters. The van der Waals surface area contributed by atoms with Gasteiger partial charge in [0.15, 0.2) is 0 Å². The van der Waals surface area contributed by atoms with Crippen molar-refractivity contribution in [2.45, 2.75) is 18.9 Å². The Morgan fingerprint density at radius 2 is 1.81 bits per heavy atom. The summed E-state index contributed by atoms with van der Waals surface area (Å²) in [5.41, 5.74) is 3.05. The molecule has 0 aliphatic carbocycles. The lowest BCUT2D eigenvalue weighted by Gasteiger charge is -2.43. The van der Waals surface area contributed by atoms with Crippen LogP contribution in [0.4, 0.5) is 0 Å². The summed E-state index contributed by atoms with van der Waals surface area (Å²) < 4.78 is 1.96. The molecule has 136 valence electrons. The van der Waals surface area contributed by atoms with Gasteiger partial charge in [0.1, 0.15) is 0 Å². The zero-order valence-corrected chi connectivity index (χ0v) is 15.7. The van der Waals surface area contributed by atoms with Crippen LogP contribution in [0.25, 0.3) is 10.4 Å². The lowest BCUT2D eigenvalue weighted by Crippen LogP contribution is -2.49. The van der Waals surface area contributed by atoms with Gasteiger partial charge in [-0.15, -0.1) is 11.3 Å². The number of fused-ring (bicyclic) bond motifs is 4. The van der Waals surface area contributed by atoms with E-state index in [4.69, 9.17) is 0 Å². The maximum Gasteiger partial charge on any atom is 0.253 e. The van der Waals surface area contributed by atoms with Crippen LogP contribution in [0.1, 0.15) is 28.4 Å². The van der Waals surface area contributed by atoms with Crippen molar-refractivity contribution in [3.8, 4) is 10.4 Å². The second kappa shape index (κ2) is 6.50. The van der Waals surface area contributed by atoms with Crippen molar-refractivity contribution >= 4 is 17.2 Å². The Hall–Kier alpha value is -2.66. The normalized spacial score (nSPS) is 21.0. The van der Waals surface area contributed by atoms with Crippen LogP contribution in [-0.4, -0.2) is 28.5 Å². The van der Waals surface area contributed by atoms with Crippen molar-refractivity contribution in [2.24, 2.45) is 5.92 Å². The van der Waals surface area contributed by atoms with E-state index in [0.29, 0.717) is 19.0 Å². The van der Waals surface area contributed by atoms with E-state index in [-0.39, 0.29) is 17.4 Å². The van der Waals surface area contributed by atoms with Crippen LogP contribution in [0, 0.1) is 5.92 Å². The van der Waals surface area contributed by atoms with Crippen molar-refractivity contribution in [3.63, 3.8) is 0 Å². The Balaban J connectivity index is 1.54. The average Bonchev–Trinajstić information content (AvgIpc) is 3.23. The Morgan fingerprint density at radius 3 is 2.59 bits per heavy atom. The van der Waals surface area contributed by atoms with Gasteiger partial charge in [-0.25, -0.2) is 0 Å². The first-order chi connectivity index (χ1) is 13.2. The van der Waals surface area contributed by atoms with Gasteiger partial charge in [0, 0.05) is 53.3 Å². The molecule has 0 N–H and O–H groups in total. The van der Waals surface area contributed by atoms with Gasteiger partial charge < -0.3 is 9.47 Å². The quantitative estimate of drug-likeness (QED) is 0.682. The van der Waals surface area contributed by atoms with Crippen LogP contribution >= 0.6 is 11.3 Å². The summed E-state index contributed by atoms with van der Waals surface area (Å²) in [7, 11) is 0. The number of amides is 1. The monoisotopic (exact) mass is 376 g/mol. The Morgan fingerprint density at radius 1 is 0.963 bits per heavy atom. The van der Waals surface area contributed by atoms with E-state index >= 15 is 0 Å². The number of likely N-dealkylation sites (tertiary alicyclic amines) is 1. The smallest absolute Gasteiger partial charge is 0.253 e. The number of rotatable bonds is 2. The van der Waals surface area contributed by atoms with Gasteiger partial charge in [-0.05, 0) is 42.0 Å². The van der Waals surface area contributed by atoms with Gasteiger partial charge >= 0.3 is 0 Å². The van der Waals surface area contributed by atoms with Crippen molar-refractivity contribution in [3.05, 3.63) is 81.6 Å². The predicted octanol–water partition coefficient (Wildman–Crippen LogP) is 3.84. The summed E-state index contributed by atoms with van der Waals surface area (Å²) in [6, 6.07) is 17.3. The van der Waals surface area contributed by atoms with Crippen LogP contribution in [0.5, 0.6) is 0 Å². The zero-order valence-electron chi connectivity index (χ0n) is 14.9. The number of nitrogens with zero attached hydrogens (tertiary/aromatic N) is 2. The number of aromatic nitrogens is 1. The molecule has 4 heterocycles.